The van der Waals surface area contributed by atoms with Crippen LogP contribution in [0.5, 0.6) is 23.0 Å². The van der Waals surface area contributed by atoms with Crippen LogP contribution in [-0.2, 0) is 15.1 Å². The van der Waals surface area contributed by atoms with Crippen molar-refractivity contribution >= 4 is 27.5 Å². The zero-order valence-corrected chi connectivity index (χ0v) is 15.0. The number of aromatic hydroxyl groups is 2. The van der Waals surface area contributed by atoms with Crippen LogP contribution in [0.3, 0.4) is 0 Å². The summed E-state index contributed by atoms with van der Waals surface area (Å²) in [5.74, 6) is 1.00. The molecule has 5 nitrogen and oxygen atoms in total. The summed E-state index contributed by atoms with van der Waals surface area (Å²) in [7, 11) is 0. The van der Waals surface area contributed by atoms with Gasteiger partial charge in [-0.2, -0.15) is 0 Å². The second kappa shape index (κ2) is 5.29. The number of phenols is 2. The van der Waals surface area contributed by atoms with Gasteiger partial charge in [0.2, 0.25) is 0 Å². The van der Waals surface area contributed by atoms with Crippen LogP contribution in [0.2, 0.25) is 0 Å². The maximum absolute atomic E-state index is 12.2. The molecular formula is C24H14O5. The van der Waals surface area contributed by atoms with Gasteiger partial charge in [-0.05, 0) is 59.3 Å². The van der Waals surface area contributed by atoms with Crippen LogP contribution < -0.4 is 4.74 Å². The van der Waals surface area contributed by atoms with Crippen molar-refractivity contribution in [3.05, 3.63) is 83.9 Å². The van der Waals surface area contributed by atoms with E-state index in [1.807, 2.05) is 18.2 Å². The summed E-state index contributed by atoms with van der Waals surface area (Å²) in [6.45, 7) is 0. The third-order valence-corrected chi connectivity index (χ3v) is 5.65. The van der Waals surface area contributed by atoms with E-state index in [4.69, 9.17) is 9.47 Å². The Bertz CT molecular complexity index is 1400. The fourth-order valence-corrected chi connectivity index (χ4v) is 4.42. The van der Waals surface area contributed by atoms with Gasteiger partial charge in [-0.3, -0.25) is 0 Å². The largest absolute Gasteiger partial charge is 0.508 e. The number of benzene rings is 4. The average molecular weight is 382 g/mol. The number of esters is 1. The van der Waals surface area contributed by atoms with Crippen LogP contribution in [0.25, 0.3) is 21.5 Å². The Hall–Kier alpha value is -3.99. The molecule has 0 saturated heterocycles. The molecular weight excluding hydrogens is 368 g/mol. The lowest BCUT2D eigenvalue weighted by Gasteiger charge is -2.36. The summed E-state index contributed by atoms with van der Waals surface area (Å²) in [5.41, 5.74) is 0.221. The quantitative estimate of drug-likeness (QED) is 0.425. The molecule has 2 aliphatic heterocycles. The summed E-state index contributed by atoms with van der Waals surface area (Å²) < 4.78 is 12.2. The Labute approximate surface area is 165 Å². The van der Waals surface area contributed by atoms with Crippen LogP contribution in [0.1, 0.15) is 11.1 Å². The number of fused-ring (bicyclic) bond motifs is 8. The molecule has 5 heteroatoms. The smallest absolute Gasteiger partial charge is 0.332 e. The van der Waals surface area contributed by atoms with Gasteiger partial charge in [0.05, 0.1) is 5.56 Å². The SMILES string of the molecule is O=C1C=CC2(O1)c1ccc3cc(O)ccc3c1Oc1ccc3c(O)cccc3c12. The van der Waals surface area contributed by atoms with Gasteiger partial charge >= 0.3 is 5.97 Å². The maximum atomic E-state index is 12.2. The fourth-order valence-electron chi connectivity index (χ4n) is 4.42. The van der Waals surface area contributed by atoms with Gasteiger partial charge in [0.25, 0.3) is 0 Å². The van der Waals surface area contributed by atoms with Crippen LogP contribution in [0, 0.1) is 0 Å². The number of ether oxygens (including phenoxy) is 2. The topological polar surface area (TPSA) is 76.0 Å². The monoisotopic (exact) mass is 382 g/mol. The highest BCUT2D eigenvalue weighted by molar-refractivity contribution is 5.99. The molecule has 6 rings (SSSR count). The Morgan fingerprint density at radius 1 is 0.862 bits per heavy atom. The minimum Gasteiger partial charge on any atom is -0.508 e. The fraction of sp³-hybridized carbons (Fsp3) is 0.0417. The van der Waals surface area contributed by atoms with Gasteiger partial charge in [0.15, 0.2) is 5.60 Å². The number of hydrogen-bond donors (Lipinski definition) is 2. The van der Waals surface area contributed by atoms with Crippen LogP contribution in [-0.4, -0.2) is 16.2 Å². The zero-order valence-electron chi connectivity index (χ0n) is 15.0. The van der Waals surface area contributed by atoms with E-state index in [1.54, 1.807) is 48.5 Å². The number of rotatable bonds is 0. The van der Waals surface area contributed by atoms with Crippen LogP contribution in [0.15, 0.2) is 72.8 Å². The van der Waals surface area contributed by atoms with Crippen molar-refractivity contribution in [3.63, 3.8) is 0 Å². The molecule has 1 unspecified atom stereocenters. The first-order valence-electron chi connectivity index (χ1n) is 9.18. The molecule has 4 aromatic carbocycles. The van der Waals surface area contributed by atoms with Crippen molar-refractivity contribution in [3.8, 4) is 23.0 Å². The summed E-state index contributed by atoms with van der Waals surface area (Å²) >= 11 is 0. The molecule has 0 bridgehead atoms. The molecule has 140 valence electrons. The first kappa shape index (κ1) is 16.0. The van der Waals surface area contributed by atoms with E-state index in [-0.39, 0.29) is 11.5 Å². The molecule has 0 aromatic heterocycles. The van der Waals surface area contributed by atoms with E-state index in [9.17, 15) is 15.0 Å². The Balaban J connectivity index is 1.75. The van der Waals surface area contributed by atoms with Crippen molar-refractivity contribution in [2.75, 3.05) is 0 Å². The zero-order chi connectivity index (χ0) is 19.8. The third kappa shape index (κ3) is 2.01. The molecule has 0 radical (unpaired) electrons. The summed E-state index contributed by atoms with van der Waals surface area (Å²) in [5, 5.41) is 23.2. The van der Waals surface area contributed by atoms with Crippen molar-refractivity contribution < 1.29 is 24.5 Å². The second-order valence-corrected chi connectivity index (χ2v) is 7.25. The van der Waals surface area contributed by atoms with Crippen LogP contribution in [0.4, 0.5) is 0 Å². The van der Waals surface area contributed by atoms with Crippen LogP contribution >= 0.6 is 0 Å². The molecule has 0 aliphatic carbocycles. The van der Waals surface area contributed by atoms with Crippen molar-refractivity contribution in [2.45, 2.75) is 5.60 Å². The van der Waals surface area contributed by atoms with E-state index in [1.165, 1.54) is 6.08 Å². The summed E-state index contributed by atoms with van der Waals surface area (Å²) in [6.07, 6.45) is 3.16. The number of carbonyl (C=O) groups is 1. The number of hydrogen-bond acceptors (Lipinski definition) is 5. The molecule has 2 aliphatic rings. The van der Waals surface area contributed by atoms with E-state index < -0.39 is 11.6 Å². The second-order valence-electron chi connectivity index (χ2n) is 7.25. The van der Waals surface area contributed by atoms with Gasteiger partial charge in [-0.1, -0.05) is 18.2 Å². The lowest BCUT2D eigenvalue weighted by atomic mass is 9.80. The average Bonchev–Trinajstić information content (AvgIpc) is 3.09. The molecule has 2 heterocycles. The van der Waals surface area contributed by atoms with E-state index in [2.05, 4.69) is 0 Å². The first-order chi connectivity index (χ1) is 14.1. The predicted octanol–water partition coefficient (Wildman–Crippen LogP) is 4.87. The maximum Gasteiger partial charge on any atom is 0.332 e. The van der Waals surface area contributed by atoms with Gasteiger partial charge < -0.3 is 19.7 Å². The Morgan fingerprint density at radius 3 is 2.55 bits per heavy atom. The lowest BCUT2D eigenvalue weighted by Crippen LogP contribution is -2.31. The number of carbonyl (C=O) groups excluding carboxylic acids is 1. The van der Waals surface area contributed by atoms with Gasteiger partial charge in [0.1, 0.15) is 23.0 Å². The van der Waals surface area contributed by atoms with Gasteiger partial charge in [0, 0.05) is 22.4 Å². The van der Waals surface area contributed by atoms with Crippen molar-refractivity contribution in [2.24, 2.45) is 0 Å². The third-order valence-electron chi connectivity index (χ3n) is 5.65. The first-order valence-corrected chi connectivity index (χ1v) is 9.18. The summed E-state index contributed by atoms with van der Waals surface area (Å²) in [6, 6.07) is 17.6. The molecule has 2 N–H and O–H groups in total. The molecule has 4 aromatic rings. The van der Waals surface area contributed by atoms with Gasteiger partial charge in [-0.15, -0.1) is 0 Å². The lowest BCUT2D eigenvalue weighted by molar-refractivity contribution is -0.143. The molecule has 1 spiro atoms. The van der Waals surface area contributed by atoms with Crippen molar-refractivity contribution in [1.82, 2.24) is 0 Å². The highest BCUT2D eigenvalue weighted by atomic mass is 16.6. The molecule has 1 atom stereocenters. The van der Waals surface area contributed by atoms with E-state index >= 15 is 0 Å². The normalized spacial score (nSPS) is 19.2. The van der Waals surface area contributed by atoms with Gasteiger partial charge in [-0.25, -0.2) is 4.79 Å². The standard InChI is InChI=1S/C24H14O5/c25-14-5-6-15-13(12-14)4-8-18-23(15)28-20-9-7-16-17(2-1-3-19(16)26)22(20)24(18)11-10-21(27)29-24/h1-12,25-26H. The highest BCUT2D eigenvalue weighted by Gasteiger charge is 2.48. The number of phenolic OH excluding ortho intramolecular Hbond substituents is 2. The molecule has 29 heavy (non-hydrogen) atoms. The van der Waals surface area contributed by atoms with E-state index in [0.29, 0.717) is 28.0 Å². The minimum absolute atomic E-state index is 0.147. The molecule has 0 amide bonds. The molecule has 0 saturated carbocycles. The molecule has 0 fully saturated rings. The Morgan fingerprint density at radius 2 is 1.72 bits per heavy atom. The predicted molar refractivity (Wildman–Crippen MR) is 107 cm³/mol. The van der Waals surface area contributed by atoms with Crippen molar-refractivity contribution in [1.29, 1.82) is 0 Å². The Kier molecular flexibility index (Phi) is 2.92. The summed E-state index contributed by atoms with van der Waals surface area (Å²) in [4.78, 5) is 12.2. The highest BCUT2D eigenvalue weighted by Crippen LogP contribution is 2.56. The van der Waals surface area contributed by atoms with E-state index in [0.717, 1.165) is 16.2 Å². The minimum atomic E-state index is -1.15.